The largest absolute Gasteiger partial charge is 0.496 e. The lowest BCUT2D eigenvalue weighted by Gasteiger charge is -2.17. The van der Waals surface area contributed by atoms with Gasteiger partial charge in [-0.2, -0.15) is 0 Å². The second kappa shape index (κ2) is 10.2. The number of ether oxygens (including phenoxy) is 1. The predicted molar refractivity (Wildman–Crippen MR) is 152 cm³/mol. The third-order valence-electron chi connectivity index (χ3n) is 7.19. The van der Waals surface area contributed by atoms with Gasteiger partial charge >= 0.3 is 0 Å². The molecule has 8 heteroatoms. The summed E-state index contributed by atoms with van der Waals surface area (Å²) in [6.07, 6.45) is 1.68. The summed E-state index contributed by atoms with van der Waals surface area (Å²) in [6.45, 7) is 9.93. The van der Waals surface area contributed by atoms with E-state index in [4.69, 9.17) is 9.26 Å². The molecule has 198 valence electrons. The zero-order valence-electron chi connectivity index (χ0n) is 22.9. The van der Waals surface area contributed by atoms with Gasteiger partial charge in [0, 0.05) is 28.9 Å². The molecule has 1 N–H and O–H groups in total. The standard InChI is InChI=1S/C31H30N4O4/c1-17-11-24(12-18(2)19(17)3)33-30(36)26-14-22-13-25(29-20(4)34-39-21(29)5)28(38-6)15-27(22)35(31(26)37)16-23-9-7-8-10-32-23/h7-15H,16H2,1-6H3,(H,33,36). The lowest BCUT2D eigenvalue weighted by molar-refractivity contribution is 0.102. The zero-order valence-corrected chi connectivity index (χ0v) is 22.9. The normalized spacial score (nSPS) is 11.1. The monoisotopic (exact) mass is 522 g/mol. The fourth-order valence-electron chi connectivity index (χ4n) is 4.92. The number of nitrogens with zero attached hydrogens (tertiary/aromatic N) is 3. The van der Waals surface area contributed by atoms with E-state index >= 15 is 0 Å². The van der Waals surface area contributed by atoms with Crippen LogP contribution in [0.15, 0.2) is 64.0 Å². The van der Waals surface area contributed by atoms with Crippen LogP contribution in [-0.4, -0.2) is 27.7 Å². The Labute approximate surface area is 226 Å². The number of aromatic nitrogens is 3. The Balaban J connectivity index is 1.72. The Kier molecular flexibility index (Phi) is 6.78. The van der Waals surface area contributed by atoms with Gasteiger partial charge in [0.15, 0.2) is 0 Å². The lowest BCUT2D eigenvalue weighted by atomic mass is 9.99. The number of hydrogen-bond acceptors (Lipinski definition) is 6. The molecule has 1 amide bonds. The lowest BCUT2D eigenvalue weighted by Crippen LogP contribution is -2.30. The number of amides is 1. The van der Waals surface area contributed by atoms with Crippen LogP contribution in [0.25, 0.3) is 22.0 Å². The Bertz CT molecular complexity index is 1740. The molecule has 0 spiro atoms. The van der Waals surface area contributed by atoms with Crippen molar-refractivity contribution in [3.8, 4) is 16.9 Å². The van der Waals surface area contributed by atoms with Crippen molar-refractivity contribution in [2.75, 3.05) is 12.4 Å². The summed E-state index contributed by atoms with van der Waals surface area (Å²) in [5, 5.41) is 7.72. The third kappa shape index (κ3) is 4.81. The van der Waals surface area contributed by atoms with Gasteiger partial charge in [-0.15, -0.1) is 0 Å². The minimum atomic E-state index is -0.478. The second-order valence-electron chi connectivity index (χ2n) is 9.77. The maximum atomic E-state index is 13.8. The number of hydrogen-bond donors (Lipinski definition) is 1. The number of rotatable bonds is 6. The van der Waals surface area contributed by atoms with Gasteiger partial charge < -0.3 is 19.1 Å². The Morgan fingerprint density at radius 1 is 1.03 bits per heavy atom. The minimum absolute atomic E-state index is 0.0317. The number of pyridine rings is 2. The average molecular weight is 523 g/mol. The predicted octanol–water partition coefficient (Wildman–Crippen LogP) is 5.90. The van der Waals surface area contributed by atoms with Crippen molar-refractivity contribution >= 4 is 22.5 Å². The first kappa shape index (κ1) is 25.9. The first-order chi connectivity index (χ1) is 18.7. The van der Waals surface area contributed by atoms with Crippen LogP contribution in [0.2, 0.25) is 0 Å². The molecule has 5 aromatic rings. The zero-order chi connectivity index (χ0) is 27.8. The smallest absolute Gasteiger partial charge is 0.264 e. The molecule has 0 unspecified atom stereocenters. The van der Waals surface area contributed by atoms with Gasteiger partial charge in [0.2, 0.25) is 0 Å². The molecule has 0 bridgehead atoms. The van der Waals surface area contributed by atoms with Gasteiger partial charge in [0.25, 0.3) is 11.5 Å². The molecule has 5 rings (SSSR count). The summed E-state index contributed by atoms with van der Waals surface area (Å²) in [4.78, 5) is 31.8. The van der Waals surface area contributed by atoms with E-state index < -0.39 is 11.5 Å². The molecule has 3 aromatic heterocycles. The van der Waals surface area contributed by atoms with Crippen LogP contribution in [0, 0.1) is 34.6 Å². The van der Waals surface area contributed by atoms with Crippen molar-refractivity contribution < 1.29 is 14.1 Å². The fourth-order valence-corrected chi connectivity index (χ4v) is 4.92. The van der Waals surface area contributed by atoms with Gasteiger partial charge in [-0.1, -0.05) is 11.2 Å². The Hall–Kier alpha value is -4.72. The number of benzene rings is 2. The van der Waals surface area contributed by atoms with Crippen LogP contribution >= 0.6 is 0 Å². The van der Waals surface area contributed by atoms with Gasteiger partial charge in [-0.05, 0) is 87.7 Å². The molecule has 0 fully saturated rings. The number of carbonyl (C=O) groups is 1. The highest BCUT2D eigenvalue weighted by atomic mass is 16.5. The van der Waals surface area contributed by atoms with Gasteiger partial charge in [-0.3, -0.25) is 14.6 Å². The molecule has 0 radical (unpaired) electrons. The van der Waals surface area contributed by atoms with Crippen molar-refractivity contribution in [2.45, 2.75) is 41.2 Å². The van der Waals surface area contributed by atoms with Crippen LogP contribution in [0.5, 0.6) is 5.75 Å². The number of carbonyl (C=O) groups excluding carboxylic acids is 1. The van der Waals surface area contributed by atoms with Crippen molar-refractivity contribution in [1.82, 2.24) is 14.7 Å². The van der Waals surface area contributed by atoms with Crippen molar-refractivity contribution in [3.05, 3.63) is 104 Å². The summed E-state index contributed by atoms with van der Waals surface area (Å²) in [7, 11) is 1.58. The number of methoxy groups -OCH3 is 1. The van der Waals surface area contributed by atoms with E-state index in [2.05, 4.69) is 15.5 Å². The van der Waals surface area contributed by atoms with Crippen LogP contribution in [-0.2, 0) is 6.54 Å². The maximum Gasteiger partial charge on any atom is 0.264 e. The quantitative estimate of drug-likeness (QED) is 0.298. The molecule has 0 aliphatic rings. The Morgan fingerprint density at radius 2 is 1.77 bits per heavy atom. The van der Waals surface area contributed by atoms with Crippen LogP contribution in [0.3, 0.4) is 0 Å². The summed E-state index contributed by atoms with van der Waals surface area (Å²) in [5.41, 5.74) is 7.15. The summed E-state index contributed by atoms with van der Waals surface area (Å²) < 4.78 is 12.7. The molecule has 0 aliphatic carbocycles. The van der Waals surface area contributed by atoms with E-state index in [1.54, 1.807) is 23.9 Å². The SMILES string of the molecule is COc1cc2c(cc1-c1c(C)noc1C)cc(C(=O)Nc1cc(C)c(C)c(C)c1)c(=O)n2Cc1ccccn1. The second-order valence-corrected chi connectivity index (χ2v) is 9.77. The number of fused-ring (bicyclic) bond motifs is 1. The van der Waals surface area contributed by atoms with E-state index in [1.807, 2.05) is 77.1 Å². The Morgan fingerprint density at radius 3 is 2.38 bits per heavy atom. The van der Waals surface area contributed by atoms with Crippen LogP contribution in [0.1, 0.15) is 44.2 Å². The summed E-state index contributed by atoms with van der Waals surface area (Å²) in [5.74, 6) is 0.734. The average Bonchev–Trinajstić information content (AvgIpc) is 3.25. The van der Waals surface area contributed by atoms with Crippen LogP contribution in [0.4, 0.5) is 5.69 Å². The van der Waals surface area contributed by atoms with Crippen molar-refractivity contribution in [1.29, 1.82) is 0 Å². The summed E-state index contributed by atoms with van der Waals surface area (Å²) >= 11 is 0. The molecule has 8 nitrogen and oxygen atoms in total. The van der Waals surface area contributed by atoms with Crippen molar-refractivity contribution in [2.24, 2.45) is 0 Å². The molecule has 0 atom stereocenters. The van der Waals surface area contributed by atoms with Crippen molar-refractivity contribution in [3.63, 3.8) is 0 Å². The number of nitrogens with one attached hydrogen (secondary N) is 1. The molecule has 39 heavy (non-hydrogen) atoms. The van der Waals surface area contributed by atoms with Crippen LogP contribution < -0.4 is 15.6 Å². The minimum Gasteiger partial charge on any atom is -0.496 e. The molecular weight excluding hydrogens is 492 g/mol. The first-order valence-corrected chi connectivity index (χ1v) is 12.7. The molecule has 0 saturated carbocycles. The molecule has 0 aliphatic heterocycles. The molecule has 0 saturated heterocycles. The van der Waals surface area contributed by atoms with E-state index in [9.17, 15) is 9.59 Å². The van der Waals surface area contributed by atoms with Gasteiger partial charge in [0.05, 0.1) is 36.1 Å². The number of aryl methyl sites for hydroxylation is 4. The van der Waals surface area contributed by atoms with E-state index in [-0.39, 0.29) is 12.1 Å². The maximum absolute atomic E-state index is 13.8. The van der Waals surface area contributed by atoms with E-state index in [0.717, 1.165) is 33.5 Å². The third-order valence-corrected chi connectivity index (χ3v) is 7.19. The van der Waals surface area contributed by atoms with E-state index in [1.165, 1.54) is 0 Å². The van der Waals surface area contributed by atoms with Gasteiger partial charge in [0.1, 0.15) is 17.1 Å². The highest BCUT2D eigenvalue weighted by Gasteiger charge is 2.22. The molecular formula is C31H30N4O4. The van der Waals surface area contributed by atoms with E-state index in [0.29, 0.717) is 33.8 Å². The first-order valence-electron chi connectivity index (χ1n) is 12.7. The highest BCUT2D eigenvalue weighted by Crippen LogP contribution is 2.37. The summed E-state index contributed by atoms with van der Waals surface area (Å²) in [6, 6.07) is 14.7. The highest BCUT2D eigenvalue weighted by molar-refractivity contribution is 6.06. The molecule has 2 aromatic carbocycles. The van der Waals surface area contributed by atoms with Gasteiger partial charge in [-0.25, -0.2) is 0 Å². The topological polar surface area (TPSA) is 99.3 Å². The number of anilines is 1. The fraction of sp³-hybridized carbons (Fsp3) is 0.226. The molecule has 3 heterocycles.